The van der Waals surface area contributed by atoms with Gasteiger partial charge in [0.05, 0.1) is 0 Å². The van der Waals surface area contributed by atoms with Gasteiger partial charge in [0, 0.05) is 10.4 Å². The molecule has 0 amide bonds. The fraction of sp³-hybridized carbons (Fsp3) is 0.250. The van der Waals surface area contributed by atoms with Crippen molar-refractivity contribution in [1.29, 1.82) is 0 Å². The summed E-state index contributed by atoms with van der Waals surface area (Å²) < 4.78 is 13.9. The highest BCUT2D eigenvalue weighted by Gasteiger charge is 2.14. The number of alkyl halides is 1. The minimum atomic E-state index is -0.134. The van der Waals surface area contributed by atoms with Gasteiger partial charge in [-0.05, 0) is 43.0 Å². The topological polar surface area (TPSA) is 0 Å². The van der Waals surface area contributed by atoms with Gasteiger partial charge in [-0.15, -0.1) is 0 Å². The van der Waals surface area contributed by atoms with Crippen molar-refractivity contribution in [3.8, 4) is 0 Å². The average molecular weight is 307 g/mol. The molecule has 0 heterocycles. The van der Waals surface area contributed by atoms with Crippen LogP contribution in [0.3, 0.4) is 0 Å². The van der Waals surface area contributed by atoms with Gasteiger partial charge in [-0.25, -0.2) is 4.39 Å². The van der Waals surface area contributed by atoms with E-state index in [1.807, 2.05) is 31.2 Å². The van der Waals surface area contributed by atoms with Crippen LogP contribution >= 0.6 is 15.9 Å². The van der Waals surface area contributed by atoms with E-state index in [0.29, 0.717) is 0 Å². The van der Waals surface area contributed by atoms with Crippen molar-refractivity contribution < 1.29 is 4.39 Å². The Hall–Kier alpha value is -1.15. The molecule has 0 nitrogen and oxygen atoms in total. The maximum absolute atomic E-state index is 13.9. The predicted molar refractivity (Wildman–Crippen MR) is 77.7 cm³/mol. The van der Waals surface area contributed by atoms with E-state index in [4.69, 9.17) is 0 Å². The molecule has 0 N–H and O–H groups in total. The summed E-state index contributed by atoms with van der Waals surface area (Å²) in [6.45, 7) is 3.98. The SMILES string of the molecule is Cc1ccc(C(Br)Cc2ccccc2C)c(F)c1. The van der Waals surface area contributed by atoms with Crippen molar-refractivity contribution in [3.63, 3.8) is 0 Å². The molecule has 0 fully saturated rings. The molecule has 0 saturated carbocycles. The number of hydrogen-bond acceptors (Lipinski definition) is 0. The molecule has 1 atom stereocenters. The van der Waals surface area contributed by atoms with Crippen molar-refractivity contribution in [3.05, 3.63) is 70.5 Å². The van der Waals surface area contributed by atoms with Crippen LogP contribution in [0.5, 0.6) is 0 Å². The first-order chi connectivity index (χ1) is 8.58. The second kappa shape index (κ2) is 5.66. The van der Waals surface area contributed by atoms with Crippen LogP contribution in [0.25, 0.3) is 0 Å². The Kier molecular flexibility index (Phi) is 4.18. The van der Waals surface area contributed by atoms with Crippen LogP contribution in [0, 0.1) is 19.7 Å². The second-order valence-corrected chi connectivity index (χ2v) is 5.73. The molecule has 0 bridgehead atoms. The van der Waals surface area contributed by atoms with Gasteiger partial charge in [0.15, 0.2) is 0 Å². The molecule has 0 radical (unpaired) electrons. The third-order valence-electron chi connectivity index (χ3n) is 3.15. The van der Waals surface area contributed by atoms with Crippen molar-refractivity contribution in [2.45, 2.75) is 25.1 Å². The summed E-state index contributed by atoms with van der Waals surface area (Å²) in [5, 5.41) is 0. The number of hydrogen-bond donors (Lipinski definition) is 0. The van der Waals surface area contributed by atoms with Gasteiger partial charge < -0.3 is 0 Å². The molecule has 2 aromatic carbocycles. The molecule has 2 aromatic rings. The minimum Gasteiger partial charge on any atom is -0.207 e. The lowest BCUT2D eigenvalue weighted by molar-refractivity contribution is 0.606. The molecule has 0 aliphatic rings. The molecule has 0 spiro atoms. The molecule has 0 saturated heterocycles. The second-order valence-electron chi connectivity index (χ2n) is 4.62. The minimum absolute atomic E-state index is 0.0131. The summed E-state index contributed by atoms with van der Waals surface area (Å²) in [6.07, 6.45) is 0.798. The van der Waals surface area contributed by atoms with Crippen molar-refractivity contribution >= 4 is 15.9 Å². The smallest absolute Gasteiger partial charge is 0.127 e. The van der Waals surface area contributed by atoms with E-state index in [1.165, 1.54) is 11.1 Å². The van der Waals surface area contributed by atoms with Crippen LogP contribution in [0.2, 0.25) is 0 Å². The summed E-state index contributed by atoms with van der Waals surface area (Å²) in [6, 6.07) is 13.6. The van der Waals surface area contributed by atoms with E-state index in [-0.39, 0.29) is 10.6 Å². The highest BCUT2D eigenvalue weighted by atomic mass is 79.9. The van der Waals surface area contributed by atoms with E-state index in [1.54, 1.807) is 6.07 Å². The molecule has 0 aliphatic heterocycles. The summed E-state index contributed by atoms with van der Waals surface area (Å²) >= 11 is 3.59. The lowest BCUT2D eigenvalue weighted by Crippen LogP contribution is -2.00. The van der Waals surface area contributed by atoms with Crippen molar-refractivity contribution in [2.75, 3.05) is 0 Å². The molecule has 2 rings (SSSR count). The number of benzene rings is 2. The predicted octanol–water partition coefficient (Wildman–Crippen LogP) is 5.12. The van der Waals surface area contributed by atoms with Gasteiger partial charge >= 0.3 is 0 Å². The molecular formula is C16H16BrF. The van der Waals surface area contributed by atoms with Gasteiger partial charge in [0.25, 0.3) is 0 Å². The first-order valence-corrected chi connectivity index (χ1v) is 6.94. The standard InChI is InChI=1S/C16H16BrF/c1-11-7-8-14(16(18)9-11)15(17)10-13-6-4-3-5-12(13)2/h3-9,15H,10H2,1-2H3. The lowest BCUT2D eigenvalue weighted by Gasteiger charge is -2.13. The largest absolute Gasteiger partial charge is 0.207 e. The van der Waals surface area contributed by atoms with E-state index < -0.39 is 0 Å². The number of halogens is 2. The zero-order valence-corrected chi connectivity index (χ0v) is 12.2. The Bertz CT molecular complexity index is 549. The first-order valence-electron chi connectivity index (χ1n) is 6.02. The van der Waals surface area contributed by atoms with Gasteiger partial charge in [0.1, 0.15) is 5.82 Å². The normalized spacial score (nSPS) is 12.4. The molecule has 0 aliphatic carbocycles. The van der Waals surface area contributed by atoms with Gasteiger partial charge in [-0.2, -0.15) is 0 Å². The Labute approximate surface area is 116 Å². The fourth-order valence-electron chi connectivity index (χ4n) is 2.03. The summed E-state index contributed by atoms with van der Waals surface area (Å²) in [5.74, 6) is -0.134. The zero-order valence-electron chi connectivity index (χ0n) is 10.6. The average Bonchev–Trinajstić information content (AvgIpc) is 2.32. The van der Waals surface area contributed by atoms with Crippen LogP contribution in [-0.4, -0.2) is 0 Å². The molecule has 1 unspecified atom stereocenters. The molecule has 94 valence electrons. The van der Waals surface area contributed by atoms with Crippen molar-refractivity contribution in [2.24, 2.45) is 0 Å². The van der Waals surface area contributed by atoms with Gasteiger partial charge in [0.2, 0.25) is 0 Å². The monoisotopic (exact) mass is 306 g/mol. The maximum Gasteiger partial charge on any atom is 0.127 e. The third-order valence-corrected chi connectivity index (χ3v) is 3.97. The molecule has 0 aromatic heterocycles. The highest BCUT2D eigenvalue weighted by Crippen LogP contribution is 2.30. The number of aryl methyl sites for hydroxylation is 2. The molecule has 18 heavy (non-hydrogen) atoms. The van der Waals surface area contributed by atoms with Crippen molar-refractivity contribution in [1.82, 2.24) is 0 Å². The summed E-state index contributed by atoms with van der Waals surface area (Å²) in [7, 11) is 0. The Morgan fingerprint density at radius 2 is 1.83 bits per heavy atom. The maximum atomic E-state index is 13.9. The Morgan fingerprint density at radius 3 is 2.50 bits per heavy atom. The number of rotatable bonds is 3. The van der Waals surface area contributed by atoms with Crippen LogP contribution in [0.15, 0.2) is 42.5 Å². The summed E-state index contributed by atoms with van der Waals surface area (Å²) in [5.41, 5.74) is 4.17. The third kappa shape index (κ3) is 2.99. The Balaban J connectivity index is 2.22. The van der Waals surface area contributed by atoms with E-state index in [0.717, 1.165) is 17.5 Å². The Morgan fingerprint density at radius 1 is 1.11 bits per heavy atom. The van der Waals surface area contributed by atoms with Crippen LogP contribution in [0.4, 0.5) is 4.39 Å². The van der Waals surface area contributed by atoms with E-state index in [2.05, 4.69) is 35.0 Å². The van der Waals surface area contributed by atoms with Crippen LogP contribution < -0.4 is 0 Å². The summed E-state index contributed by atoms with van der Waals surface area (Å²) in [4.78, 5) is 0.0131. The molecule has 2 heteroatoms. The fourth-order valence-corrected chi connectivity index (χ4v) is 2.75. The van der Waals surface area contributed by atoms with Gasteiger partial charge in [-0.3, -0.25) is 0 Å². The van der Waals surface area contributed by atoms with E-state index >= 15 is 0 Å². The van der Waals surface area contributed by atoms with Gasteiger partial charge in [-0.1, -0.05) is 52.3 Å². The van der Waals surface area contributed by atoms with Crippen LogP contribution in [-0.2, 0) is 6.42 Å². The van der Waals surface area contributed by atoms with Crippen LogP contribution in [0.1, 0.15) is 27.1 Å². The van der Waals surface area contributed by atoms with E-state index in [9.17, 15) is 4.39 Å². The highest BCUT2D eigenvalue weighted by molar-refractivity contribution is 9.09. The first kappa shape index (κ1) is 13.3. The zero-order chi connectivity index (χ0) is 13.1. The quantitative estimate of drug-likeness (QED) is 0.690. The molecular weight excluding hydrogens is 291 g/mol. The lowest BCUT2D eigenvalue weighted by atomic mass is 9.99.